The van der Waals surface area contributed by atoms with E-state index < -0.39 is 12.3 Å². The molecule has 3 aliphatic rings. The molecule has 0 aromatic heterocycles. The molecule has 4 rings (SSSR count). The van der Waals surface area contributed by atoms with Crippen LogP contribution >= 0.6 is 0 Å². The lowest BCUT2D eigenvalue weighted by Crippen LogP contribution is -2.51. The summed E-state index contributed by atoms with van der Waals surface area (Å²) >= 11 is 0. The molecule has 0 spiro atoms. The van der Waals surface area contributed by atoms with Gasteiger partial charge in [0.1, 0.15) is 12.0 Å². The van der Waals surface area contributed by atoms with Gasteiger partial charge in [-0.05, 0) is 25.3 Å². The summed E-state index contributed by atoms with van der Waals surface area (Å²) in [5, 5.41) is 13.1. The van der Waals surface area contributed by atoms with E-state index in [1.165, 1.54) is 0 Å². The average molecular weight is 360 g/mol. The zero-order valence-electron chi connectivity index (χ0n) is 14.6. The Kier molecular flexibility index (Phi) is 4.93. The number of amides is 2. The fraction of sp³-hybridized carbons (Fsp3) is 0.579. The lowest BCUT2D eigenvalue weighted by molar-refractivity contribution is -0.141. The number of nitrogens with zero attached hydrogens (tertiary/aromatic N) is 1. The Bertz CT molecular complexity index is 701. The molecule has 2 amide bonds. The van der Waals surface area contributed by atoms with Gasteiger partial charge in [0.05, 0.1) is 19.3 Å². The molecule has 3 atom stereocenters. The van der Waals surface area contributed by atoms with E-state index in [-0.39, 0.29) is 11.8 Å². The minimum Gasteiger partial charge on any atom is -0.493 e. The van der Waals surface area contributed by atoms with Gasteiger partial charge in [0.2, 0.25) is 11.8 Å². The fourth-order valence-electron chi connectivity index (χ4n) is 4.00. The molecule has 1 aromatic rings. The van der Waals surface area contributed by atoms with E-state index in [1.807, 2.05) is 18.2 Å². The number of piperidine rings is 1. The van der Waals surface area contributed by atoms with E-state index >= 15 is 0 Å². The minimum absolute atomic E-state index is 0.254. The van der Waals surface area contributed by atoms with Crippen LogP contribution in [0.1, 0.15) is 43.0 Å². The van der Waals surface area contributed by atoms with Gasteiger partial charge in [0, 0.05) is 36.6 Å². The van der Waals surface area contributed by atoms with Crippen LogP contribution in [0.15, 0.2) is 18.2 Å². The topological polar surface area (TPSA) is 88.1 Å². The molecule has 0 aliphatic carbocycles. The third-order valence-electron chi connectivity index (χ3n) is 5.44. The standard InChI is InChI=1S/C19H24N2O5/c22-17-7-6-15(18(23)20-17)21-9-14-13(19(21)24)4-1-5-16(14)26-11-12-3-2-8-25-10-12/h1,4-5,12,15,19,24H,2-3,6-11H2,(H,20,22,23). The highest BCUT2D eigenvalue weighted by molar-refractivity contribution is 6.00. The van der Waals surface area contributed by atoms with Crippen molar-refractivity contribution in [2.24, 2.45) is 5.92 Å². The van der Waals surface area contributed by atoms with Gasteiger partial charge in [0.15, 0.2) is 0 Å². The highest BCUT2D eigenvalue weighted by Gasteiger charge is 2.40. The fourth-order valence-corrected chi connectivity index (χ4v) is 4.00. The summed E-state index contributed by atoms with van der Waals surface area (Å²) in [6.45, 7) is 2.56. The predicted molar refractivity (Wildman–Crippen MR) is 92.2 cm³/mol. The second-order valence-corrected chi connectivity index (χ2v) is 7.23. The monoisotopic (exact) mass is 360 g/mol. The van der Waals surface area contributed by atoms with E-state index in [4.69, 9.17) is 9.47 Å². The van der Waals surface area contributed by atoms with Crippen molar-refractivity contribution >= 4 is 11.8 Å². The molecular weight excluding hydrogens is 336 g/mol. The molecule has 7 nitrogen and oxygen atoms in total. The number of carbonyl (C=O) groups excluding carboxylic acids is 2. The van der Waals surface area contributed by atoms with Crippen LogP contribution in [-0.4, -0.2) is 47.7 Å². The van der Waals surface area contributed by atoms with Crippen LogP contribution in [-0.2, 0) is 20.9 Å². The maximum Gasteiger partial charge on any atom is 0.244 e. The summed E-state index contributed by atoms with van der Waals surface area (Å²) in [4.78, 5) is 25.3. The first-order valence-electron chi connectivity index (χ1n) is 9.23. The second-order valence-electron chi connectivity index (χ2n) is 7.23. The summed E-state index contributed by atoms with van der Waals surface area (Å²) in [6.07, 6.45) is 2.01. The van der Waals surface area contributed by atoms with Crippen LogP contribution in [0, 0.1) is 5.92 Å². The zero-order valence-corrected chi connectivity index (χ0v) is 14.6. The normalized spacial score (nSPS) is 29.3. The summed E-state index contributed by atoms with van der Waals surface area (Å²) in [5.74, 6) is 0.546. The molecular formula is C19H24N2O5. The quantitative estimate of drug-likeness (QED) is 0.782. The summed E-state index contributed by atoms with van der Waals surface area (Å²) in [5.41, 5.74) is 1.69. The first-order valence-corrected chi connectivity index (χ1v) is 9.23. The van der Waals surface area contributed by atoms with Crippen LogP contribution in [0.4, 0.5) is 0 Å². The molecule has 0 saturated carbocycles. The van der Waals surface area contributed by atoms with E-state index in [0.717, 1.165) is 42.9 Å². The number of rotatable bonds is 4. The smallest absolute Gasteiger partial charge is 0.244 e. The van der Waals surface area contributed by atoms with E-state index in [2.05, 4.69) is 5.32 Å². The van der Waals surface area contributed by atoms with Gasteiger partial charge in [-0.2, -0.15) is 0 Å². The lowest BCUT2D eigenvalue weighted by Gasteiger charge is -2.31. The third kappa shape index (κ3) is 3.34. The van der Waals surface area contributed by atoms with Crippen LogP contribution in [0.3, 0.4) is 0 Å². The molecule has 3 unspecified atom stereocenters. The van der Waals surface area contributed by atoms with Crippen LogP contribution in [0.2, 0.25) is 0 Å². The van der Waals surface area contributed by atoms with Gasteiger partial charge in [-0.1, -0.05) is 12.1 Å². The first kappa shape index (κ1) is 17.5. The highest BCUT2D eigenvalue weighted by atomic mass is 16.5. The molecule has 2 saturated heterocycles. The summed E-state index contributed by atoms with van der Waals surface area (Å²) in [6, 6.07) is 5.13. The summed E-state index contributed by atoms with van der Waals surface area (Å²) in [7, 11) is 0. The van der Waals surface area contributed by atoms with Crippen molar-refractivity contribution in [3.8, 4) is 5.75 Å². The van der Waals surface area contributed by atoms with Gasteiger partial charge in [-0.15, -0.1) is 0 Å². The molecule has 7 heteroatoms. The first-order chi connectivity index (χ1) is 12.6. The Hall–Kier alpha value is -1.96. The molecule has 3 aliphatic heterocycles. The SMILES string of the molecule is O=C1CCC(N2Cc3c(OCC4CCCOC4)cccc3C2O)C(=O)N1. The van der Waals surface area contributed by atoms with Crippen molar-refractivity contribution in [2.45, 2.75) is 44.5 Å². The second kappa shape index (κ2) is 7.34. The van der Waals surface area contributed by atoms with Gasteiger partial charge in [0.25, 0.3) is 0 Å². The number of aliphatic hydroxyl groups excluding tert-OH is 1. The number of nitrogens with one attached hydrogen (secondary N) is 1. The zero-order chi connectivity index (χ0) is 18.1. The van der Waals surface area contributed by atoms with Gasteiger partial charge >= 0.3 is 0 Å². The molecule has 2 N–H and O–H groups in total. The average Bonchev–Trinajstić information content (AvgIpc) is 2.98. The number of hydrogen-bond acceptors (Lipinski definition) is 6. The number of fused-ring (bicyclic) bond motifs is 1. The van der Waals surface area contributed by atoms with E-state index in [9.17, 15) is 14.7 Å². The molecule has 0 bridgehead atoms. The Morgan fingerprint density at radius 1 is 1.31 bits per heavy atom. The number of carbonyl (C=O) groups is 2. The summed E-state index contributed by atoms with van der Waals surface area (Å²) < 4.78 is 11.5. The van der Waals surface area contributed by atoms with Crippen LogP contribution in [0.25, 0.3) is 0 Å². The minimum atomic E-state index is -0.865. The van der Waals surface area contributed by atoms with Gasteiger partial charge in [-0.3, -0.25) is 19.8 Å². The maximum atomic E-state index is 12.2. The largest absolute Gasteiger partial charge is 0.493 e. The van der Waals surface area contributed by atoms with Crippen molar-refractivity contribution < 1.29 is 24.2 Å². The molecule has 2 fully saturated rings. The van der Waals surface area contributed by atoms with Crippen molar-refractivity contribution in [3.63, 3.8) is 0 Å². The van der Waals surface area contributed by atoms with Crippen molar-refractivity contribution in [2.75, 3.05) is 19.8 Å². The number of aliphatic hydroxyl groups is 1. The van der Waals surface area contributed by atoms with Crippen LogP contribution in [0.5, 0.6) is 5.75 Å². The number of ether oxygens (including phenoxy) is 2. The maximum absolute atomic E-state index is 12.2. The lowest BCUT2D eigenvalue weighted by atomic mass is 10.0. The van der Waals surface area contributed by atoms with Crippen molar-refractivity contribution in [1.82, 2.24) is 10.2 Å². The molecule has 3 heterocycles. The molecule has 140 valence electrons. The Balaban J connectivity index is 1.48. The Morgan fingerprint density at radius 3 is 2.96 bits per heavy atom. The number of imide groups is 1. The number of hydrogen-bond donors (Lipinski definition) is 2. The predicted octanol–water partition coefficient (Wildman–Crippen LogP) is 1.10. The van der Waals surface area contributed by atoms with Gasteiger partial charge < -0.3 is 14.6 Å². The molecule has 0 radical (unpaired) electrons. The Labute approximate surface area is 152 Å². The Morgan fingerprint density at radius 2 is 2.19 bits per heavy atom. The molecule has 26 heavy (non-hydrogen) atoms. The van der Waals surface area contributed by atoms with E-state index in [0.29, 0.717) is 31.9 Å². The van der Waals surface area contributed by atoms with Gasteiger partial charge in [-0.25, -0.2) is 0 Å². The van der Waals surface area contributed by atoms with Crippen molar-refractivity contribution in [1.29, 1.82) is 0 Å². The molecule has 1 aromatic carbocycles. The van der Waals surface area contributed by atoms with Crippen LogP contribution < -0.4 is 10.1 Å². The van der Waals surface area contributed by atoms with Crippen molar-refractivity contribution in [3.05, 3.63) is 29.3 Å². The third-order valence-corrected chi connectivity index (χ3v) is 5.44. The number of benzene rings is 1. The highest BCUT2D eigenvalue weighted by Crippen LogP contribution is 2.39. The van der Waals surface area contributed by atoms with E-state index in [1.54, 1.807) is 4.90 Å².